The van der Waals surface area contributed by atoms with Crippen LogP contribution in [0.15, 0.2) is 54.9 Å². The molecule has 2 aliphatic rings. The van der Waals surface area contributed by atoms with Gasteiger partial charge in [-0.05, 0) is 37.0 Å². The van der Waals surface area contributed by atoms with E-state index in [2.05, 4.69) is 51.6 Å². The summed E-state index contributed by atoms with van der Waals surface area (Å²) >= 11 is 8.39. The Morgan fingerprint density at radius 3 is 2.48 bits per heavy atom. The second-order valence-corrected chi connectivity index (χ2v) is 9.31. The standard InChI is InChI=1S/C23H22ClN3OS/c24-18-15-25-14-17(20-7-6-19(29-20)16-4-2-1-3-5-16)21(18)27-12-9-23(10-13-27)8-11-26-22(23)28/h1-7,14-15H,8-13H2,(H,26,28). The molecule has 6 heteroatoms. The normalized spacial score (nSPS) is 18.2. The summed E-state index contributed by atoms with van der Waals surface area (Å²) in [6.45, 7) is 2.47. The topological polar surface area (TPSA) is 45.2 Å². The lowest BCUT2D eigenvalue weighted by Gasteiger charge is -2.39. The fourth-order valence-corrected chi connectivity index (χ4v) is 5.82. The minimum absolute atomic E-state index is 0.181. The van der Waals surface area contributed by atoms with Gasteiger partial charge in [0.2, 0.25) is 5.91 Å². The third-order valence-corrected chi connectivity index (χ3v) is 7.65. The number of anilines is 1. The van der Waals surface area contributed by atoms with E-state index in [0.717, 1.165) is 55.0 Å². The summed E-state index contributed by atoms with van der Waals surface area (Å²) in [5.74, 6) is 0.226. The maximum atomic E-state index is 12.3. The van der Waals surface area contributed by atoms with Gasteiger partial charge in [-0.25, -0.2) is 0 Å². The Hall–Kier alpha value is -2.37. The Morgan fingerprint density at radius 2 is 1.76 bits per heavy atom. The van der Waals surface area contributed by atoms with Crippen molar-refractivity contribution in [2.24, 2.45) is 5.41 Å². The molecule has 0 radical (unpaired) electrons. The molecule has 4 nitrogen and oxygen atoms in total. The van der Waals surface area contributed by atoms with Crippen LogP contribution in [-0.4, -0.2) is 30.5 Å². The van der Waals surface area contributed by atoms with E-state index in [0.29, 0.717) is 5.02 Å². The zero-order valence-corrected chi connectivity index (χ0v) is 17.6. The number of amides is 1. The van der Waals surface area contributed by atoms with Crippen LogP contribution < -0.4 is 10.2 Å². The average Bonchev–Trinajstić information content (AvgIpc) is 3.37. The van der Waals surface area contributed by atoms with Gasteiger partial charge in [-0.2, -0.15) is 0 Å². The van der Waals surface area contributed by atoms with E-state index in [1.807, 2.05) is 12.3 Å². The van der Waals surface area contributed by atoms with Gasteiger partial charge in [0.1, 0.15) is 0 Å². The summed E-state index contributed by atoms with van der Waals surface area (Å²) in [5.41, 5.74) is 3.14. The van der Waals surface area contributed by atoms with Gasteiger partial charge in [-0.3, -0.25) is 9.78 Å². The summed E-state index contributed by atoms with van der Waals surface area (Å²) in [7, 11) is 0. The number of carbonyl (C=O) groups is 1. The van der Waals surface area contributed by atoms with E-state index in [9.17, 15) is 4.79 Å². The van der Waals surface area contributed by atoms with E-state index >= 15 is 0 Å². The number of rotatable bonds is 3. The summed E-state index contributed by atoms with van der Waals surface area (Å²) < 4.78 is 0. The van der Waals surface area contributed by atoms with Crippen molar-refractivity contribution in [1.29, 1.82) is 0 Å². The van der Waals surface area contributed by atoms with Gasteiger partial charge in [-0.1, -0.05) is 41.9 Å². The summed E-state index contributed by atoms with van der Waals surface area (Å²) in [6.07, 6.45) is 6.32. The molecule has 29 heavy (non-hydrogen) atoms. The highest BCUT2D eigenvalue weighted by atomic mass is 35.5. The Kier molecular flexibility index (Phi) is 4.80. The maximum absolute atomic E-state index is 12.3. The van der Waals surface area contributed by atoms with Gasteiger partial charge in [0.15, 0.2) is 0 Å². The summed E-state index contributed by atoms with van der Waals surface area (Å²) in [4.78, 5) is 21.4. The number of thiophene rings is 1. The third-order valence-electron chi connectivity index (χ3n) is 6.21. The van der Waals surface area contributed by atoms with Crippen LogP contribution in [0.2, 0.25) is 5.02 Å². The highest BCUT2D eigenvalue weighted by molar-refractivity contribution is 7.18. The Morgan fingerprint density at radius 1 is 1.00 bits per heavy atom. The maximum Gasteiger partial charge on any atom is 0.226 e. The molecule has 2 aliphatic heterocycles. The number of hydrogen-bond acceptors (Lipinski definition) is 4. The Balaban J connectivity index is 1.46. The number of nitrogens with zero attached hydrogens (tertiary/aromatic N) is 2. The largest absolute Gasteiger partial charge is 0.370 e. The third kappa shape index (κ3) is 3.32. The lowest BCUT2D eigenvalue weighted by Crippen LogP contribution is -2.44. The number of nitrogens with one attached hydrogen (secondary N) is 1. The molecule has 1 aromatic carbocycles. The molecule has 148 valence electrons. The Bertz CT molecular complexity index is 1040. The number of carbonyl (C=O) groups excluding carboxylic acids is 1. The molecule has 2 saturated heterocycles. The first-order valence-corrected chi connectivity index (χ1v) is 11.2. The lowest BCUT2D eigenvalue weighted by atomic mass is 9.77. The van der Waals surface area contributed by atoms with Crippen molar-refractivity contribution in [3.8, 4) is 20.9 Å². The zero-order chi connectivity index (χ0) is 19.8. The minimum atomic E-state index is -0.181. The quantitative estimate of drug-likeness (QED) is 0.626. The monoisotopic (exact) mass is 423 g/mol. The Labute approximate surface area is 179 Å². The molecular weight excluding hydrogens is 402 g/mol. The molecule has 4 heterocycles. The summed E-state index contributed by atoms with van der Waals surface area (Å²) in [6, 6.07) is 14.7. The van der Waals surface area contributed by atoms with Crippen molar-refractivity contribution in [2.45, 2.75) is 19.3 Å². The number of hydrogen-bond donors (Lipinski definition) is 1. The second kappa shape index (κ2) is 7.47. The number of pyridine rings is 1. The fraction of sp³-hybridized carbons (Fsp3) is 0.304. The van der Waals surface area contributed by atoms with Crippen LogP contribution in [0.4, 0.5) is 5.69 Å². The summed E-state index contributed by atoms with van der Waals surface area (Å²) in [5, 5.41) is 3.68. The van der Waals surface area contributed by atoms with Gasteiger partial charge in [0, 0.05) is 47.3 Å². The molecule has 0 atom stereocenters. The predicted molar refractivity (Wildman–Crippen MR) is 120 cm³/mol. The lowest BCUT2D eigenvalue weighted by molar-refractivity contribution is -0.128. The minimum Gasteiger partial charge on any atom is -0.370 e. The van der Waals surface area contributed by atoms with E-state index in [-0.39, 0.29) is 11.3 Å². The number of benzene rings is 1. The van der Waals surface area contributed by atoms with Gasteiger partial charge in [0.25, 0.3) is 0 Å². The van der Waals surface area contributed by atoms with E-state index in [1.165, 1.54) is 10.4 Å². The van der Waals surface area contributed by atoms with Crippen LogP contribution >= 0.6 is 22.9 Å². The molecule has 0 unspecified atom stereocenters. The van der Waals surface area contributed by atoms with Crippen molar-refractivity contribution < 1.29 is 4.79 Å². The number of piperidine rings is 1. The van der Waals surface area contributed by atoms with Crippen LogP contribution in [0.3, 0.4) is 0 Å². The first kappa shape index (κ1) is 18.6. The van der Waals surface area contributed by atoms with E-state index < -0.39 is 0 Å². The molecule has 2 aromatic heterocycles. The number of aromatic nitrogens is 1. The van der Waals surface area contributed by atoms with Gasteiger partial charge in [0.05, 0.1) is 16.1 Å². The van der Waals surface area contributed by atoms with E-state index in [1.54, 1.807) is 17.5 Å². The molecule has 1 amide bonds. The second-order valence-electron chi connectivity index (χ2n) is 7.82. The van der Waals surface area contributed by atoms with Crippen molar-refractivity contribution in [1.82, 2.24) is 10.3 Å². The molecule has 0 aliphatic carbocycles. The smallest absolute Gasteiger partial charge is 0.226 e. The zero-order valence-electron chi connectivity index (χ0n) is 16.0. The van der Waals surface area contributed by atoms with Gasteiger partial charge in [-0.15, -0.1) is 11.3 Å². The first-order valence-electron chi connectivity index (χ1n) is 9.99. The van der Waals surface area contributed by atoms with Crippen molar-refractivity contribution in [3.05, 3.63) is 59.9 Å². The predicted octanol–water partition coefficient (Wildman–Crippen LogP) is 5.24. The van der Waals surface area contributed by atoms with Crippen LogP contribution in [0, 0.1) is 5.41 Å². The highest BCUT2D eigenvalue weighted by Gasteiger charge is 2.44. The van der Waals surface area contributed by atoms with E-state index in [4.69, 9.17) is 11.6 Å². The molecule has 0 bridgehead atoms. The molecule has 3 aromatic rings. The molecule has 1 N–H and O–H groups in total. The van der Waals surface area contributed by atoms with Gasteiger partial charge < -0.3 is 10.2 Å². The highest BCUT2D eigenvalue weighted by Crippen LogP contribution is 2.45. The van der Waals surface area contributed by atoms with Crippen molar-refractivity contribution in [2.75, 3.05) is 24.5 Å². The molecule has 1 spiro atoms. The molecular formula is C23H22ClN3OS. The fourth-order valence-electron chi connectivity index (χ4n) is 4.52. The van der Waals surface area contributed by atoms with Crippen LogP contribution in [0.1, 0.15) is 19.3 Å². The van der Waals surface area contributed by atoms with Gasteiger partial charge >= 0.3 is 0 Å². The van der Waals surface area contributed by atoms with Crippen molar-refractivity contribution in [3.63, 3.8) is 0 Å². The SMILES string of the molecule is O=C1NCCC12CCN(c1c(Cl)cncc1-c1ccc(-c3ccccc3)s1)CC2. The van der Waals surface area contributed by atoms with Crippen LogP contribution in [-0.2, 0) is 4.79 Å². The first-order chi connectivity index (χ1) is 14.2. The van der Waals surface area contributed by atoms with Crippen molar-refractivity contribution >= 4 is 34.5 Å². The van der Waals surface area contributed by atoms with Crippen LogP contribution in [0.25, 0.3) is 20.9 Å². The molecule has 5 rings (SSSR count). The molecule has 0 saturated carbocycles. The van der Waals surface area contributed by atoms with Crippen LogP contribution in [0.5, 0.6) is 0 Å². The number of halogens is 1. The molecule has 2 fully saturated rings. The average molecular weight is 424 g/mol.